The maximum atomic E-state index is 13.4. The Bertz CT molecular complexity index is 1480. The third-order valence-corrected chi connectivity index (χ3v) is 8.17. The van der Waals surface area contributed by atoms with Crippen molar-refractivity contribution in [3.8, 4) is 0 Å². The van der Waals surface area contributed by atoms with Crippen molar-refractivity contribution in [2.75, 3.05) is 0 Å². The van der Waals surface area contributed by atoms with Gasteiger partial charge in [-0.1, -0.05) is 70.2 Å². The van der Waals surface area contributed by atoms with Crippen molar-refractivity contribution in [1.29, 1.82) is 0 Å². The molecule has 4 aromatic rings. The van der Waals surface area contributed by atoms with E-state index in [0.29, 0.717) is 11.8 Å². The molecule has 0 bridgehead atoms. The van der Waals surface area contributed by atoms with E-state index in [9.17, 15) is 19.2 Å². The topological polar surface area (TPSA) is 111 Å². The molecule has 0 aliphatic rings. The molecule has 9 heteroatoms. The first-order valence-electron chi connectivity index (χ1n) is 13.7. The van der Waals surface area contributed by atoms with Crippen LogP contribution in [0, 0.1) is 5.41 Å². The van der Waals surface area contributed by atoms with Crippen LogP contribution in [0.15, 0.2) is 78.9 Å². The minimum Gasteiger partial charge on any atom is -0.339 e. The zero-order valence-electron chi connectivity index (χ0n) is 24.2. The number of amides is 2. The van der Waals surface area contributed by atoms with Gasteiger partial charge in [-0.2, -0.15) is 11.0 Å². The summed E-state index contributed by atoms with van der Waals surface area (Å²) in [7, 11) is 0. The van der Waals surface area contributed by atoms with Gasteiger partial charge in [-0.3, -0.25) is 9.59 Å². The second kappa shape index (κ2) is 13.0. The highest BCUT2D eigenvalue weighted by atomic mass is 32.1. The Morgan fingerprint density at radius 3 is 1.60 bits per heavy atom. The second-order valence-electron chi connectivity index (χ2n) is 11.0. The summed E-state index contributed by atoms with van der Waals surface area (Å²) >= 11 is 1.42. The summed E-state index contributed by atoms with van der Waals surface area (Å²) in [4.78, 5) is 63.1. The van der Waals surface area contributed by atoms with Gasteiger partial charge in [0.15, 0.2) is 5.41 Å². The van der Waals surface area contributed by atoms with E-state index >= 15 is 0 Å². The monoisotopic (exact) mass is 586 g/mol. The smallest absolute Gasteiger partial charge is 0.339 e. The molecule has 0 spiro atoms. The molecule has 2 N–H and O–H groups in total. The molecule has 0 saturated carbocycles. The Morgan fingerprint density at radius 2 is 1.17 bits per heavy atom. The first kappa shape index (κ1) is 30.5. The summed E-state index contributed by atoms with van der Waals surface area (Å²) < 4.78 is 0.980. The number of carbonyl (C=O) groups is 4. The van der Waals surface area contributed by atoms with Crippen LogP contribution in [-0.2, 0) is 25.7 Å². The van der Waals surface area contributed by atoms with Crippen molar-refractivity contribution in [2.45, 2.75) is 52.9 Å². The molecule has 0 unspecified atom stereocenters. The van der Waals surface area contributed by atoms with E-state index in [1.54, 1.807) is 24.3 Å². The summed E-state index contributed by atoms with van der Waals surface area (Å²) in [6.07, 6.45) is -0.0814. The van der Waals surface area contributed by atoms with E-state index in [2.05, 4.69) is 11.0 Å². The Kier molecular flexibility index (Phi) is 9.42. The van der Waals surface area contributed by atoms with Crippen LogP contribution in [-0.4, -0.2) is 23.8 Å². The molecule has 0 atom stereocenters. The number of carbonyl (C=O) groups excluding carboxylic acids is 4. The summed E-state index contributed by atoms with van der Waals surface area (Å²) in [6.45, 7) is 9.52. The van der Waals surface area contributed by atoms with Gasteiger partial charge in [-0.05, 0) is 71.7 Å². The summed E-state index contributed by atoms with van der Waals surface area (Å²) in [5, 5.41) is 0.956. The van der Waals surface area contributed by atoms with Crippen LogP contribution in [0.2, 0.25) is 0 Å². The molecule has 42 heavy (non-hydrogen) atoms. The van der Waals surface area contributed by atoms with E-state index in [1.165, 1.54) is 18.3 Å². The number of thiophene rings is 1. The largest absolute Gasteiger partial charge is 0.349 e. The lowest BCUT2D eigenvalue weighted by Gasteiger charge is -2.24. The van der Waals surface area contributed by atoms with Crippen LogP contribution >= 0.6 is 11.3 Å². The lowest BCUT2D eigenvalue weighted by atomic mass is 9.86. The Labute approximate surface area is 248 Å². The predicted octanol–water partition coefficient (Wildman–Crippen LogP) is 6.47. The van der Waals surface area contributed by atoms with Gasteiger partial charge in [-0.25, -0.2) is 9.59 Å². The van der Waals surface area contributed by atoms with Crippen molar-refractivity contribution in [1.82, 2.24) is 11.0 Å². The zero-order valence-corrected chi connectivity index (χ0v) is 25.0. The van der Waals surface area contributed by atoms with Crippen molar-refractivity contribution in [3.05, 3.63) is 106 Å². The van der Waals surface area contributed by atoms with Crippen LogP contribution < -0.4 is 11.0 Å². The number of fused-ring (bicyclic) bond motifs is 1. The maximum absolute atomic E-state index is 13.4. The quantitative estimate of drug-likeness (QED) is 0.181. The Morgan fingerprint density at radius 1 is 0.714 bits per heavy atom. The Balaban J connectivity index is 1.49. The lowest BCUT2D eigenvalue weighted by molar-refractivity contribution is -0.177. The molecule has 0 aliphatic carbocycles. The molecule has 0 saturated heterocycles. The standard InChI is InChI=1S/C33H34N2O6S/c1-20(2)22-10-14-24(15-11-22)29(36)34-40-31(38)33(5,19-27-18-26-8-6-7-9-28(26)42-27)32(39)41-35-30(37)25-16-12-23(13-17-25)21(3)4/h6-18,20-21H,19H2,1-5H3,(H,34,36)(H,35,37). The van der Waals surface area contributed by atoms with Gasteiger partial charge in [0.1, 0.15) is 0 Å². The van der Waals surface area contributed by atoms with E-state index < -0.39 is 29.2 Å². The number of hydrogen-bond donors (Lipinski definition) is 2. The van der Waals surface area contributed by atoms with E-state index in [1.807, 2.05) is 82.3 Å². The minimum absolute atomic E-state index is 0.0814. The molecule has 0 aliphatic heterocycles. The number of hydrogen-bond acceptors (Lipinski definition) is 7. The number of hydroxylamine groups is 2. The lowest BCUT2D eigenvalue weighted by Crippen LogP contribution is -2.46. The fourth-order valence-corrected chi connectivity index (χ4v) is 5.49. The van der Waals surface area contributed by atoms with E-state index in [4.69, 9.17) is 9.68 Å². The number of rotatable bonds is 8. The molecule has 1 heterocycles. The van der Waals surface area contributed by atoms with E-state index in [-0.39, 0.29) is 17.5 Å². The van der Waals surface area contributed by atoms with Crippen LogP contribution in [0.3, 0.4) is 0 Å². The third-order valence-electron chi connectivity index (χ3n) is 7.06. The van der Waals surface area contributed by atoms with Crippen molar-refractivity contribution in [3.63, 3.8) is 0 Å². The highest BCUT2D eigenvalue weighted by molar-refractivity contribution is 7.19. The fourth-order valence-electron chi connectivity index (χ4n) is 4.27. The minimum atomic E-state index is -1.90. The van der Waals surface area contributed by atoms with Crippen LogP contribution in [0.4, 0.5) is 0 Å². The van der Waals surface area contributed by atoms with Gasteiger partial charge in [0, 0.05) is 27.1 Å². The Hall–Kier alpha value is -4.50. The molecular formula is C33H34N2O6S. The molecular weight excluding hydrogens is 552 g/mol. The molecule has 0 radical (unpaired) electrons. The molecule has 0 fully saturated rings. The van der Waals surface area contributed by atoms with Gasteiger partial charge in [0.05, 0.1) is 0 Å². The normalized spacial score (nSPS) is 11.4. The predicted molar refractivity (Wildman–Crippen MR) is 162 cm³/mol. The van der Waals surface area contributed by atoms with Crippen molar-refractivity contribution < 1.29 is 28.9 Å². The second-order valence-corrected chi connectivity index (χ2v) is 12.1. The van der Waals surface area contributed by atoms with Gasteiger partial charge < -0.3 is 9.68 Å². The van der Waals surface area contributed by atoms with Crippen LogP contribution in [0.1, 0.15) is 83.2 Å². The molecule has 218 valence electrons. The summed E-state index contributed by atoms with van der Waals surface area (Å²) in [6, 6.07) is 23.4. The highest BCUT2D eigenvalue weighted by Crippen LogP contribution is 2.33. The number of benzene rings is 3. The van der Waals surface area contributed by atoms with Crippen LogP contribution in [0.5, 0.6) is 0 Å². The van der Waals surface area contributed by atoms with Crippen molar-refractivity contribution in [2.24, 2.45) is 5.41 Å². The first-order valence-corrected chi connectivity index (χ1v) is 14.5. The molecule has 8 nitrogen and oxygen atoms in total. The molecule has 3 aromatic carbocycles. The van der Waals surface area contributed by atoms with Crippen molar-refractivity contribution >= 4 is 45.2 Å². The first-order chi connectivity index (χ1) is 20.0. The van der Waals surface area contributed by atoms with Gasteiger partial charge in [-0.15, -0.1) is 11.3 Å². The average Bonchev–Trinajstić information content (AvgIpc) is 3.40. The zero-order chi connectivity index (χ0) is 30.4. The molecule has 1 aromatic heterocycles. The third kappa shape index (κ3) is 7.03. The van der Waals surface area contributed by atoms with Gasteiger partial charge >= 0.3 is 11.9 Å². The highest BCUT2D eigenvalue weighted by Gasteiger charge is 2.46. The SMILES string of the molecule is CC(C)c1ccc(C(=O)NOC(=O)C(C)(Cc2cc3ccccc3s2)C(=O)ONC(=O)c2ccc(C(C)C)cc2)cc1. The summed E-state index contributed by atoms with van der Waals surface area (Å²) in [5.74, 6) is -2.77. The average molecular weight is 587 g/mol. The van der Waals surface area contributed by atoms with Gasteiger partial charge in [0.25, 0.3) is 11.8 Å². The maximum Gasteiger partial charge on any atom is 0.349 e. The van der Waals surface area contributed by atoms with Crippen LogP contribution in [0.25, 0.3) is 10.1 Å². The molecule has 2 amide bonds. The van der Waals surface area contributed by atoms with E-state index in [0.717, 1.165) is 26.1 Å². The number of nitrogens with one attached hydrogen (secondary N) is 2. The summed E-state index contributed by atoms with van der Waals surface area (Å²) in [5.41, 5.74) is 5.08. The fraction of sp³-hybridized carbons (Fsp3) is 0.273. The van der Waals surface area contributed by atoms with Gasteiger partial charge in [0.2, 0.25) is 0 Å². The molecule has 4 rings (SSSR count).